The molecule has 2 aromatic rings. The van der Waals surface area contributed by atoms with Crippen LogP contribution in [0.1, 0.15) is 23.0 Å². The van der Waals surface area contributed by atoms with Crippen LogP contribution < -0.4 is 16.0 Å². The largest absolute Gasteiger partial charge is 0.459 e. The normalized spacial score (nSPS) is 10.0. The van der Waals surface area contributed by atoms with E-state index in [0.717, 1.165) is 6.42 Å². The number of benzene rings is 1. The summed E-state index contributed by atoms with van der Waals surface area (Å²) in [6.07, 6.45) is 2.29. The van der Waals surface area contributed by atoms with Crippen molar-refractivity contribution >= 4 is 23.4 Å². The second-order valence-electron chi connectivity index (χ2n) is 5.04. The van der Waals surface area contributed by atoms with Gasteiger partial charge >= 0.3 is 0 Å². The van der Waals surface area contributed by atoms with Gasteiger partial charge in [0, 0.05) is 5.69 Å². The molecule has 0 aliphatic heterocycles. The molecule has 0 saturated heterocycles. The Morgan fingerprint density at radius 3 is 2.29 bits per heavy atom. The van der Waals surface area contributed by atoms with Gasteiger partial charge in [-0.2, -0.15) is 0 Å². The number of hydrogen-bond acceptors (Lipinski definition) is 4. The molecule has 0 aliphatic carbocycles. The van der Waals surface area contributed by atoms with E-state index in [0.29, 0.717) is 5.69 Å². The number of rotatable bonds is 7. The Balaban J connectivity index is 1.68. The lowest BCUT2D eigenvalue weighted by molar-refractivity contribution is -0.123. The van der Waals surface area contributed by atoms with E-state index in [2.05, 4.69) is 16.0 Å². The highest BCUT2D eigenvalue weighted by molar-refractivity contribution is 5.96. The lowest BCUT2D eigenvalue weighted by Crippen LogP contribution is -2.40. The number of anilines is 1. The quantitative estimate of drug-likeness (QED) is 0.713. The highest BCUT2D eigenvalue weighted by Crippen LogP contribution is 2.09. The molecule has 0 fully saturated rings. The number of carbonyl (C=O) groups excluding carboxylic acids is 3. The number of hydrogen-bond donors (Lipinski definition) is 3. The van der Waals surface area contributed by atoms with Gasteiger partial charge in [-0.3, -0.25) is 14.4 Å². The SMILES string of the molecule is CCc1ccc(NC(=O)CNC(=O)CNC(=O)c2ccco2)cc1. The van der Waals surface area contributed by atoms with Crippen molar-refractivity contribution in [2.75, 3.05) is 18.4 Å². The maximum atomic E-state index is 11.8. The molecule has 3 N–H and O–H groups in total. The lowest BCUT2D eigenvalue weighted by atomic mass is 10.1. The molecular weight excluding hydrogens is 310 g/mol. The number of nitrogens with one attached hydrogen (secondary N) is 3. The standard InChI is InChI=1S/C17H19N3O4/c1-2-12-5-7-13(8-6-12)20-16(22)11-18-15(21)10-19-17(23)14-4-3-9-24-14/h3-9H,2,10-11H2,1H3,(H,18,21)(H,19,23)(H,20,22). The Hall–Kier alpha value is -3.09. The summed E-state index contributed by atoms with van der Waals surface area (Å²) in [4.78, 5) is 35.0. The van der Waals surface area contributed by atoms with Crippen molar-refractivity contribution in [3.8, 4) is 0 Å². The highest BCUT2D eigenvalue weighted by atomic mass is 16.3. The maximum absolute atomic E-state index is 11.8. The molecule has 7 heteroatoms. The van der Waals surface area contributed by atoms with E-state index in [-0.39, 0.29) is 24.8 Å². The van der Waals surface area contributed by atoms with Crippen LogP contribution in [-0.2, 0) is 16.0 Å². The first kappa shape index (κ1) is 17.3. The second kappa shape index (κ2) is 8.52. The van der Waals surface area contributed by atoms with Gasteiger partial charge < -0.3 is 20.4 Å². The first-order valence-corrected chi connectivity index (χ1v) is 7.55. The Kier molecular flexibility index (Phi) is 6.13. The summed E-state index contributed by atoms with van der Waals surface area (Å²) in [5, 5.41) is 7.50. The van der Waals surface area contributed by atoms with Gasteiger partial charge in [0.05, 0.1) is 19.4 Å². The Morgan fingerprint density at radius 1 is 0.958 bits per heavy atom. The van der Waals surface area contributed by atoms with Gasteiger partial charge in [-0.15, -0.1) is 0 Å². The zero-order valence-corrected chi connectivity index (χ0v) is 13.3. The fourth-order valence-electron chi connectivity index (χ4n) is 1.93. The van der Waals surface area contributed by atoms with Gasteiger partial charge in [-0.05, 0) is 36.2 Å². The Morgan fingerprint density at radius 2 is 1.67 bits per heavy atom. The molecule has 0 spiro atoms. The van der Waals surface area contributed by atoms with Crippen molar-refractivity contribution in [2.45, 2.75) is 13.3 Å². The van der Waals surface area contributed by atoms with Crippen LogP contribution in [-0.4, -0.2) is 30.8 Å². The van der Waals surface area contributed by atoms with Crippen molar-refractivity contribution in [3.05, 3.63) is 54.0 Å². The van der Waals surface area contributed by atoms with E-state index >= 15 is 0 Å². The molecule has 126 valence electrons. The van der Waals surface area contributed by atoms with E-state index in [9.17, 15) is 14.4 Å². The summed E-state index contributed by atoms with van der Waals surface area (Å²) in [5.74, 6) is -1.18. The van der Waals surface area contributed by atoms with Gasteiger partial charge in [0.25, 0.3) is 5.91 Å². The van der Waals surface area contributed by atoms with Gasteiger partial charge in [0.1, 0.15) is 0 Å². The molecule has 1 aromatic heterocycles. The molecule has 0 saturated carbocycles. The van der Waals surface area contributed by atoms with Crippen LogP contribution in [0.3, 0.4) is 0 Å². The average Bonchev–Trinajstić information content (AvgIpc) is 3.13. The molecule has 1 aromatic carbocycles. The average molecular weight is 329 g/mol. The molecule has 0 atom stereocenters. The molecule has 0 bridgehead atoms. The van der Waals surface area contributed by atoms with Crippen molar-refractivity contribution in [1.82, 2.24) is 10.6 Å². The minimum atomic E-state index is -0.490. The van der Waals surface area contributed by atoms with Crippen molar-refractivity contribution in [1.29, 1.82) is 0 Å². The van der Waals surface area contributed by atoms with E-state index in [1.807, 2.05) is 31.2 Å². The molecule has 0 radical (unpaired) electrons. The van der Waals surface area contributed by atoms with Crippen molar-refractivity contribution < 1.29 is 18.8 Å². The van der Waals surface area contributed by atoms with Gasteiger partial charge in [0.2, 0.25) is 11.8 Å². The third-order valence-corrected chi connectivity index (χ3v) is 3.25. The van der Waals surface area contributed by atoms with Crippen LogP contribution >= 0.6 is 0 Å². The third kappa shape index (κ3) is 5.28. The Labute approximate surface area is 139 Å². The zero-order chi connectivity index (χ0) is 17.4. The fourth-order valence-corrected chi connectivity index (χ4v) is 1.93. The predicted octanol–water partition coefficient (Wildman–Crippen LogP) is 1.33. The Bertz CT molecular complexity index is 693. The summed E-state index contributed by atoms with van der Waals surface area (Å²) in [6, 6.07) is 10.5. The predicted molar refractivity (Wildman–Crippen MR) is 88.5 cm³/mol. The summed E-state index contributed by atoms with van der Waals surface area (Å²) >= 11 is 0. The number of furan rings is 1. The molecule has 24 heavy (non-hydrogen) atoms. The number of aryl methyl sites for hydroxylation is 1. The topological polar surface area (TPSA) is 100 Å². The van der Waals surface area contributed by atoms with Crippen molar-refractivity contribution in [3.63, 3.8) is 0 Å². The van der Waals surface area contributed by atoms with E-state index in [4.69, 9.17) is 4.42 Å². The van der Waals surface area contributed by atoms with E-state index < -0.39 is 11.8 Å². The molecule has 2 rings (SSSR count). The molecule has 7 nitrogen and oxygen atoms in total. The van der Waals surface area contributed by atoms with Crippen LogP contribution in [0.15, 0.2) is 47.1 Å². The van der Waals surface area contributed by atoms with E-state index in [1.54, 1.807) is 6.07 Å². The molecular formula is C17H19N3O4. The van der Waals surface area contributed by atoms with Crippen LogP contribution in [0.2, 0.25) is 0 Å². The highest BCUT2D eigenvalue weighted by Gasteiger charge is 2.11. The van der Waals surface area contributed by atoms with Crippen LogP contribution in [0, 0.1) is 0 Å². The summed E-state index contributed by atoms with van der Waals surface area (Å²) in [7, 11) is 0. The fraction of sp³-hybridized carbons (Fsp3) is 0.235. The summed E-state index contributed by atoms with van der Waals surface area (Å²) < 4.78 is 4.90. The van der Waals surface area contributed by atoms with Crippen molar-refractivity contribution in [2.24, 2.45) is 0 Å². The summed E-state index contributed by atoms with van der Waals surface area (Å²) in [5.41, 5.74) is 1.84. The minimum absolute atomic E-state index is 0.121. The van der Waals surface area contributed by atoms with Gasteiger partial charge in [0.15, 0.2) is 5.76 Å². The maximum Gasteiger partial charge on any atom is 0.287 e. The first-order valence-electron chi connectivity index (χ1n) is 7.55. The molecule has 0 unspecified atom stereocenters. The van der Waals surface area contributed by atoms with Gasteiger partial charge in [-0.25, -0.2) is 0 Å². The molecule has 1 heterocycles. The molecule has 0 aliphatic rings. The van der Waals surface area contributed by atoms with Crippen LogP contribution in [0.4, 0.5) is 5.69 Å². The second-order valence-corrected chi connectivity index (χ2v) is 5.04. The lowest BCUT2D eigenvalue weighted by Gasteiger charge is -2.08. The van der Waals surface area contributed by atoms with E-state index in [1.165, 1.54) is 17.9 Å². The monoisotopic (exact) mass is 329 g/mol. The summed E-state index contributed by atoms with van der Waals surface area (Å²) in [6.45, 7) is 1.64. The van der Waals surface area contributed by atoms with Gasteiger partial charge in [-0.1, -0.05) is 19.1 Å². The molecule has 3 amide bonds. The third-order valence-electron chi connectivity index (χ3n) is 3.25. The minimum Gasteiger partial charge on any atom is -0.459 e. The van der Waals surface area contributed by atoms with Crippen LogP contribution in [0.25, 0.3) is 0 Å². The first-order chi connectivity index (χ1) is 11.6. The number of carbonyl (C=O) groups is 3. The van der Waals surface area contributed by atoms with Crippen LogP contribution in [0.5, 0.6) is 0 Å². The zero-order valence-electron chi connectivity index (χ0n) is 13.3. The smallest absolute Gasteiger partial charge is 0.287 e. The number of amides is 3.